The average molecular weight is 239 g/mol. The number of carboxylic acid groups (broad SMARTS) is 1. The molecule has 0 bridgehead atoms. The van der Waals surface area contributed by atoms with Crippen molar-refractivity contribution >= 4 is 11.8 Å². The molecule has 17 heavy (non-hydrogen) atoms. The summed E-state index contributed by atoms with van der Waals surface area (Å²) in [6.07, 6.45) is 1.57. The van der Waals surface area contributed by atoms with Gasteiger partial charge >= 0.3 is 5.97 Å². The molecule has 0 aliphatic carbocycles. The lowest BCUT2D eigenvalue weighted by Crippen LogP contribution is -2.38. The van der Waals surface area contributed by atoms with Crippen molar-refractivity contribution < 1.29 is 19.1 Å². The second kappa shape index (κ2) is 6.20. The van der Waals surface area contributed by atoms with Gasteiger partial charge in [-0.25, -0.2) is 0 Å². The fourth-order valence-electron chi connectivity index (χ4n) is 1.51. The maximum atomic E-state index is 11.3. The van der Waals surface area contributed by atoms with E-state index in [0.717, 1.165) is 5.76 Å². The Labute approximate surface area is 100 Å². The number of hydrogen-bond acceptors (Lipinski definition) is 4. The Morgan fingerprint density at radius 1 is 1.53 bits per heavy atom. The molecule has 1 heterocycles. The van der Waals surface area contributed by atoms with Gasteiger partial charge in [-0.3, -0.25) is 14.5 Å². The second-order valence-corrected chi connectivity index (χ2v) is 3.98. The zero-order valence-corrected chi connectivity index (χ0v) is 10.0. The number of nitrogens with zero attached hydrogens (tertiary/aromatic N) is 1. The first kappa shape index (κ1) is 13.4. The van der Waals surface area contributed by atoms with Crippen LogP contribution >= 0.6 is 0 Å². The van der Waals surface area contributed by atoms with Crippen molar-refractivity contribution in [1.29, 1.82) is 0 Å². The molecule has 1 N–H and O–H groups in total. The SMILES string of the molecule is CC(=O)C(C)N(CCC(=O)O)Cc1ccco1. The van der Waals surface area contributed by atoms with Crippen molar-refractivity contribution in [2.24, 2.45) is 0 Å². The molecule has 0 aliphatic rings. The van der Waals surface area contributed by atoms with Crippen LogP contribution in [0.25, 0.3) is 0 Å². The third-order valence-electron chi connectivity index (χ3n) is 2.69. The molecule has 0 amide bonds. The van der Waals surface area contributed by atoms with Gasteiger partial charge in [0.1, 0.15) is 11.5 Å². The third-order valence-corrected chi connectivity index (χ3v) is 2.69. The lowest BCUT2D eigenvalue weighted by atomic mass is 10.2. The largest absolute Gasteiger partial charge is 0.481 e. The Morgan fingerprint density at radius 3 is 2.71 bits per heavy atom. The molecular weight excluding hydrogens is 222 g/mol. The average Bonchev–Trinajstić information content (AvgIpc) is 2.75. The maximum absolute atomic E-state index is 11.3. The highest BCUT2D eigenvalue weighted by Crippen LogP contribution is 2.10. The predicted octanol–water partition coefficient (Wildman–Crippen LogP) is 1.53. The normalized spacial score (nSPS) is 12.6. The van der Waals surface area contributed by atoms with Crippen LogP contribution in [0.5, 0.6) is 0 Å². The van der Waals surface area contributed by atoms with Crippen LogP contribution < -0.4 is 0 Å². The van der Waals surface area contributed by atoms with Gasteiger partial charge in [-0.05, 0) is 26.0 Å². The second-order valence-electron chi connectivity index (χ2n) is 3.98. The van der Waals surface area contributed by atoms with E-state index in [1.807, 2.05) is 0 Å². The Kier molecular flexibility index (Phi) is 4.90. The van der Waals surface area contributed by atoms with Crippen molar-refractivity contribution in [1.82, 2.24) is 4.90 Å². The Hall–Kier alpha value is -1.62. The summed E-state index contributed by atoms with van der Waals surface area (Å²) in [7, 11) is 0. The van der Waals surface area contributed by atoms with Crippen LogP contribution in [-0.2, 0) is 16.1 Å². The van der Waals surface area contributed by atoms with Crippen LogP contribution in [-0.4, -0.2) is 34.3 Å². The maximum Gasteiger partial charge on any atom is 0.304 e. The lowest BCUT2D eigenvalue weighted by molar-refractivity contribution is -0.138. The fraction of sp³-hybridized carbons (Fsp3) is 0.500. The van der Waals surface area contributed by atoms with Gasteiger partial charge in [0.05, 0.1) is 25.3 Å². The van der Waals surface area contributed by atoms with Crippen LogP contribution in [0.1, 0.15) is 26.0 Å². The number of ketones is 1. The molecule has 0 aliphatic heterocycles. The van der Waals surface area contributed by atoms with E-state index in [1.54, 1.807) is 30.2 Å². The van der Waals surface area contributed by atoms with Gasteiger partial charge in [0.25, 0.3) is 0 Å². The highest BCUT2D eigenvalue weighted by molar-refractivity contribution is 5.81. The third kappa shape index (κ3) is 4.40. The highest BCUT2D eigenvalue weighted by atomic mass is 16.4. The summed E-state index contributed by atoms with van der Waals surface area (Å²) < 4.78 is 5.20. The number of aliphatic carboxylic acids is 1. The summed E-state index contributed by atoms with van der Waals surface area (Å²) in [6.45, 7) is 4.05. The van der Waals surface area contributed by atoms with E-state index < -0.39 is 5.97 Å². The zero-order chi connectivity index (χ0) is 12.8. The number of rotatable bonds is 7. The molecule has 0 aromatic carbocycles. The summed E-state index contributed by atoms with van der Waals surface area (Å²) in [4.78, 5) is 23.7. The summed E-state index contributed by atoms with van der Waals surface area (Å²) in [5, 5.41) is 8.67. The molecule has 0 spiro atoms. The molecule has 94 valence electrons. The van der Waals surface area contributed by atoms with Crippen molar-refractivity contribution in [3.05, 3.63) is 24.2 Å². The molecule has 5 nitrogen and oxygen atoms in total. The van der Waals surface area contributed by atoms with E-state index in [0.29, 0.717) is 13.1 Å². The number of hydrogen-bond donors (Lipinski definition) is 1. The van der Waals surface area contributed by atoms with Crippen LogP contribution in [0, 0.1) is 0 Å². The molecule has 0 radical (unpaired) electrons. The number of furan rings is 1. The van der Waals surface area contributed by atoms with Gasteiger partial charge in [0.15, 0.2) is 0 Å². The van der Waals surface area contributed by atoms with Gasteiger partial charge in [-0.15, -0.1) is 0 Å². The quantitative estimate of drug-likeness (QED) is 0.781. The molecular formula is C12H17NO4. The van der Waals surface area contributed by atoms with Gasteiger partial charge in [-0.1, -0.05) is 0 Å². The molecule has 0 saturated carbocycles. The van der Waals surface area contributed by atoms with E-state index >= 15 is 0 Å². The van der Waals surface area contributed by atoms with Crippen molar-refractivity contribution in [3.8, 4) is 0 Å². The number of carbonyl (C=O) groups excluding carboxylic acids is 1. The van der Waals surface area contributed by atoms with Gasteiger partial charge in [0.2, 0.25) is 0 Å². The minimum atomic E-state index is -0.870. The molecule has 1 unspecified atom stereocenters. The van der Waals surface area contributed by atoms with Crippen LogP contribution in [0.3, 0.4) is 0 Å². The molecule has 1 rings (SSSR count). The molecule has 5 heteroatoms. The molecule has 0 saturated heterocycles. The monoisotopic (exact) mass is 239 g/mol. The summed E-state index contributed by atoms with van der Waals surface area (Å²) in [5.74, 6) is -0.129. The van der Waals surface area contributed by atoms with E-state index in [9.17, 15) is 9.59 Å². The number of carboxylic acids is 1. The standard InChI is InChI=1S/C12H17NO4/c1-9(10(2)14)13(6-5-12(15)16)8-11-4-3-7-17-11/h3-4,7,9H,5-6,8H2,1-2H3,(H,15,16). The Morgan fingerprint density at radius 2 is 2.24 bits per heavy atom. The zero-order valence-electron chi connectivity index (χ0n) is 10.0. The minimum Gasteiger partial charge on any atom is -0.481 e. The molecule has 0 fully saturated rings. The van der Waals surface area contributed by atoms with Crippen molar-refractivity contribution in [2.45, 2.75) is 32.9 Å². The van der Waals surface area contributed by atoms with Crippen LogP contribution in [0.2, 0.25) is 0 Å². The topological polar surface area (TPSA) is 70.8 Å². The first-order valence-electron chi connectivity index (χ1n) is 5.49. The smallest absolute Gasteiger partial charge is 0.304 e. The van der Waals surface area contributed by atoms with E-state index in [-0.39, 0.29) is 18.2 Å². The van der Waals surface area contributed by atoms with Gasteiger partial charge in [-0.2, -0.15) is 0 Å². The van der Waals surface area contributed by atoms with E-state index in [2.05, 4.69) is 0 Å². The Bertz CT molecular complexity index is 372. The van der Waals surface area contributed by atoms with Gasteiger partial charge in [0, 0.05) is 6.54 Å². The summed E-state index contributed by atoms with van der Waals surface area (Å²) >= 11 is 0. The minimum absolute atomic E-state index is 0.0122. The van der Waals surface area contributed by atoms with E-state index in [1.165, 1.54) is 6.92 Å². The molecule has 1 aromatic heterocycles. The fourth-order valence-corrected chi connectivity index (χ4v) is 1.51. The highest BCUT2D eigenvalue weighted by Gasteiger charge is 2.19. The summed E-state index contributed by atoms with van der Waals surface area (Å²) in [6, 6.07) is 3.27. The Balaban J connectivity index is 2.64. The number of carbonyl (C=O) groups is 2. The van der Waals surface area contributed by atoms with Crippen LogP contribution in [0.4, 0.5) is 0 Å². The van der Waals surface area contributed by atoms with Gasteiger partial charge < -0.3 is 9.52 Å². The molecule has 1 atom stereocenters. The van der Waals surface area contributed by atoms with E-state index in [4.69, 9.17) is 9.52 Å². The summed E-state index contributed by atoms with van der Waals surface area (Å²) in [5.41, 5.74) is 0. The van der Waals surface area contributed by atoms with Crippen molar-refractivity contribution in [2.75, 3.05) is 6.54 Å². The first-order valence-corrected chi connectivity index (χ1v) is 5.49. The predicted molar refractivity (Wildman–Crippen MR) is 61.5 cm³/mol. The number of Topliss-reactive ketones (excluding diaryl/α,β-unsaturated/α-hetero) is 1. The van der Waals surface area contributed by atoms with Crippen LogP contribution in [0.15, 0.2) is 22.8 Å². The first-order chi connectivity index (χ1) is 8.00. The lowest BCUT2D eigenvalue weighted by Gasteiger charge is -2.25. The van der Waals surface area contributed by atoms with Crippen molar-refractivity contribution in [3.63, 3.8) is 0 Å². The molecule has 1 aromatic rings.